The van der Waals surface area contributed by atoms with Gasteiger partial charge in [-0.2, -0.15) is 0 Å². The van der Waals surface area contributed by atoms with Crippen molar-refractivity contribution in [1.82, 2.24) is 0 Å². The predicted octanol–water partition coefficient (Wildman–Crippen LogP) is 0.337. The van der Waals surface area contributed by atoms with Crippen molar-refractivity contribution in [2.45, 2.75) is 6.92 Å². The van der Waals surface area contributed by atoms with Gasteiger partial charge in [-0.1, -0.05) is 11.6 Å². The van der Waals surface area contributed by atoms with Gasteiger partial charge in [0.25, 0.3) is 0 Å². The molecule has 0 atom stereocenters. The summed E-state index contributed by atoms with van der Waals surface area (Å²) in [5.74, 6) is 0.590. The molecule has 0 saturated carbocycles. The molecule has 0 bridgehead atoms. The summed E-state index contributed by atoms with van der Waals surface area (Å²) in [6.45, 7) is 1.83. The largest absolute Gasteiger partial charge is 0.497 e. The molecule has 2 N–H and O–H groups in total. The summed E-state index contributed by atoms with van der Waals surface area (Å²) in [6, 6.07) is 3.15. The van der Waals surface area contributed by atoms with Crippen molar-refractivity contribution >= 4 is 24.2 Å². The van der Waals surface area contributed by atoms with E-state index in [1.54, 1.807) is 6.07 Å². The molecule has 0 aliphatic carbocycles. The number of benzene rings is 1. The van der Waals surface area contributed by atoms with E-state index in [1.165, 1.54) is 13.2 Å². The van der Waals surface area contributed by atoms with Crippen LogP contribution in [0.5, 0.6) is 5.75 Å². The molecule has 0 aliphatic rings. The molecule has 3 nitrogen and oxygen atoms in total. The normalized spacial score (nSPS) is 9.92. The molecule has 0 spiro atoms. The number of methoxy groups -OCH3 is 1. The van der Waals surface area contributed by atoms with E-state index < -0.39 is 7.12 Å². The fourth-order valence-electron chi connectivity index (χ4n) is 1.09. The van der Waals surface area contributed by atoms with Crippen LogP contribution in [0.1, 0.15) is 5.56 Å². The lowest BCUT2D eigenvalue weighted by atomic mass is 9.80. The first-order valence-electron chi connectivity index (χ1n) is 3.76. The van der Waals surface area contributed by atoms with E-state index in [1.807, 2.05) is 6.92 Å². The molecule has 0 amide bonds. The molecule has 5 heteroatoms. The van der Waals surface area contributed by atoms with Crippen LogP contribution in [-0.2, 0) is 0 Å². The zero-order chi connectivity index (χ0) is 10.0. The number of aryl methyl sites for hydroxylation is 1. The first kappa shape index (κ1) is 10.4. The molecule has 1 rings (SSSR count). The zero-order valence-corrected chi connectivity index (χ0v) is 8.17. The molecule has 0 aliphatic heterocycles. The Morgan fingerprint density at radius 2 is 2.00 bits per heavy atom. The van der Waals surface area contributed by atoms with Crippen molar-refractivity contribution in [3.8, 4) is 5.75 Å². The van der Waals surface area contributed by atoms with Crippen LogP contribution in [0.15, 0.2) is 12.1 Å². The van der Waals surface area contributed by atoms with E-state index >= 15 is 0 Å². The number of hydrogen-bond acceptors (Lipinski definition) is 3. The van der Waals surface area contributed by atoms with Gasteiger partial charge in [-0.25, -0.2) is 0 Å². The first-order chi connectivity index (χ1) is 6.06. The molecule has 70 valence electrons. The standard InChI is InChI=1S/C8H10BClO3/c1-5-3-7(10)6(9(11)12)4-8(5)13-2/h3-4,11-12H,1-2H3. The van der Waals surface area contributed by atoms with E-state index in [4.69, 9.17) is 26.4 Å². The Bertz CT molecular complexity index is 315. The average molecular weight is 200 g/mol. The van der Waals surface area contributed by atoms with Gasteiger partial charge in [0.1, 0.15) is 5.75 Å². The summed E-state index contributed by atoms with van der Waals surface area (Å²) < 4.78 is 5.01. The minimum Gasteiger partial charge on any atom is -0.497 e. The van der Waals surface area contributed by atoms with Gasteiger partial charge < -0.3 is 14.8 Å². The summed E-state index contributed by atoms with van der Waals surface area (Å²) in [6.07, 6.45) is 0. The number of ether oxygens (including phenoxy) is 1. The maximum atomic E-state index is 8.93. The van der Waals surface area contributed by atoms with Crippen LogP contribution in [0, 0.1) is 6.92 Å². The quantitative estimate of drug-likeness (QED) is 0.677. The molecule has 1 aromatic carbocycles. The number of rotatable bonds is 2. The summed E-state index contributed by atoms with van der Waals surface area (Å²) in [5.41, 5.74) is 1.11. The lowest BCUT2D eigenvalue weighted by Crippen LogP contribution is -2.31. The lowest BCUT2D eigenvalue weighted by molar-refractivity contribution is 0.409. The average Bonchev–Trinajstić information content (AvgIpc) is 2.03. The fraction of sp³-hybridized carbons (Fsp3) is 0.250. The van der Waals surface area contributed by atoms with Gasteiger partial charge in [0.15, 0.2) is 0 Å². The topological polar surface area (TPSA) is 49.7 Å². The molecular formula is C8H10BClO3. The fourth-order valence-corrected chi connectivity index (χ4v) is 1.40. The molecule has 0 heterocycles. The monoisotopic (exact) mass is 200 g/mol. The molecular weight excluding hydrogens is 190 g/mol. The third kappa shape index (κ3) is 2.15. The smallest absolute Gasteiger partial charge is 0.490 e. The van der Waals surface area contributed by atoms with Crippen LogP contribution in [0.3, 0.4) is 0 Å². The van der Waals surface area contributed by atoms with Gasteiger partial charge in [-0.05, 0) is 24.6 Å². The highest BCUT2D eigenvalue weighted by molar-refractivity contribution is 6.62. The Labute approximate surface area is 82.1 Å². The molecule has 0 aromatic heterocycles. The third-order valence-electron chi connectivity index (χ3n) is 1.79. The van der Waals surface area contributed by atoms with E-state index in [0.29, 0.717) is 10.8 Å². The highest BCUT2D eigenvalue weighted by Crippen LogP contribution is 2.19. The molecule has 1 aromatic rings. The SMILES string of the molecule is COc1cc(B(O)O)c(Cl)cc1C. The summed E-state index contributed by atoms with van der Waals surface area (Å²) in [7, 11) is -0.0500. The first-order valence-corrected chi connectivity index (χ1v) is 4.14. The molecule has 0 saturated heterocycles. The van der Waals surface area contributed by atoms with Gasteiger partial charge in [-0.15, -0.1) is 0 Å². The Morgan fingerprint density at radius 1 is 1.38 bits per heavy atom. The highest BCUT2D eigenvalue weighted by atomic mass is 35.5. The lowest BCUT2D eigenvalue weighted by Gasteiger charge is -2.08. The Kier molecular flexibility index (Phi) is 3.19. The molecule has 13 heavy (non-hydrogen) atoms. The van der Waals surface area contributed by atoms with Crippen LogP contribution in [-0.4, -0.2) is 24.3 Å². The van der Waals surface area contributed by atoms with Crippen LogP contribution < -0.4 is 10.2 Å². The summed E-state index contributed by atoms with van der Waals surface area (Å²) >= 11 is 5.78. The van der Waals surface area contributed by atoms with Crippen LogP contribution in [0.2, 0.25) is 5.02 Å². The van der Waals surface area contributed by atoms with Gasteiger partial charge >= 0.3 is 7.12 Å². The summed E-state index contributed by atoms with van der Waals surface area (Å²) in [4.78, 5) is 0. The Morgan fingerprint density at radius 3 is 2.46 bits per heavy atom. The van der Waals surface area contributed by atoms with Crippen molar-refractivity contribution in [2.75, 3.05) is 7.11 Å². The molecule has 0 fully saturated rings. The van der Waals surface area contributed by atoms with Gasteiger partial charge in [0.2, 0.25) is 0 Å². The third-order valence-corrected chi connectivity index (χ3v) is 2.12. The number of halogens is 1. The predicted molar refractivity (Wildman–Crippen MR) is 52.6 cm³/mol. The van der Waals surface area contributed by atoms with E-state index in [-0.39, 0.29) is 5.46 Å². The van der Waals surface area contributed by atoms with Gasteiger partial charge in [0.05, 0.1) is 7.11 Å². The Balaban J connectivity index is 3.22. The van der Waals surface area contributed by atoms with E-state index in [2.05, 4.69) is 0 Å². The molecule has 0 unspecified atom stereocenters. The van der Waals surface area contributed by atoms with Crippen LogP contribution in [0.25, 0.3) is 0 Å². The second-order valence-electron chi connectivity index (χ2n) is 2.72. The van der Waals surface area contributed by atoms with Crippen molar-refractivity contribution < 1.29 is 14.8 Å². The maximum absolute atomic E-state index is 8.93. The molecule has 0 radical (unpaired) electrons. The minimum absolute atomic E-state index is 0.254. The minimum atomic E-state index is -1.57. The maximum Gasteiger partial charge on any atom is 0.490 e. The zero-order valence-electron chi connectivity index (χ0n) is 7.41. The van der Waals surface area contributed by atoms with Crippen molar-refractivity contribution in [3.05, 3.63) is 22.7 Å². The van der Waals surface area contributed by atoms with Crippen molar-refractivity contribution in [1.29, 1.82) is 0 Å². The van der Waals surface area contributed by atoms with Crippen molar-refractivity contribution in [2.24, 2.45) is 0 Å². The van der Waals surface area contributed by atoms with E-state index in [0.717, 1.165) is 5.56 Å². The van der Waals surface area contributed by atoms with E-state index in [9.17, 15) is 0 Å². The highest BCUT2D eigenvalue weighted by Gasteiger charge is 2.17. The Hall–Kier alpha value is -0.705. The van der Waals surface area contributed by atoms with Gasteiger partial charge in [-0.3, -0.25) is 0 Å². The van der Waals surface area contributed by atoms with Crippen LogP contribution >= 0.6 is 11.6 Å². The summed E-state index contributed by atoms with van der Waals surface area (Å²) in [5, 5.41) is 18.2. The van der Waals surface area contributed by atoms with Crippen molar-refractivity contribution in [3.63, 3.8) is 0 Å². The second-order valence-corrected chi connectivity index (χ2v) is 3.12. The van der Waals surface area contributed by atoms with Crippen LogP contribution in [0.4, 0.5) is 0 Å². The number of hydrogen-bond donors (Lipinski definition) is 2. The van der Waals surface area contributed by atoms with Gasteiger partial charge in [0, 0.05) is 10.5 Å². The second kappa shape index (κ2) is 4.00.